The van der Waals surface area contributed by atoms with Gasteiger partial charge >= 0.3 is 0 Å². The molecule has 1 atom stereocenters. The van der Waals surface area contributed by atoms with E-state index in [1.807, 2.05) is 6.92 Å². The average molecular weight is 260 g/mol. The number of methoxy groups -OCH3 is 1. The lowest BCUT2D eigenvalue weighted by atomic mass is 10.3. The zero-order valence-corrected chi connectivity index (χ0v) is 10.8. The molecule has 0 aliphatic carbocycles. The molecule has 1 aromatic rings. The zero-order valence-electron chi connectivity index (χ0n) is 10.1. The van der Waals surface area contributed by atoms with Crippen LogP contribution < -0.4 is 10.1 Å². The minimum Gasteiger partial charge on any atom is -0.497 e. The summed E-state index contributed by atoms with van der Waals surface area (Å²) in [5.74, 6) is 0.719. The summed E-state index contributed by atoms with van der Waals surface area (Å²) < 4.78 is 10.2. The fourth-order valence-corrected chi connectivity index (χ4v) is 1.49. The van der Waals surface area contributed by atoms with Gasteiger partial charge in [-0.05, 0) is 19.1 Å². The summed E-state index contributed by atoms with van der Waals surface area (Å²) in [6.45, 7) is 3.17. The summed E-state index contributed by atoms with van der Waals surface area (Å²) in [5.41, 5.74) is 0.738. The van der Waals surface area contributed by atoms with E-state index in [-0.39, 0.29) is 0 Å². The van der Waals surface area contributed by atoms with Gasteiger partial charge in [0.2, 0.25) is 0 Å². The van der Waals surface area contributed by atoms with Crippen LogP contribution in [-0.2, 0) is 4.74 Å². The number of anilines is 1. The second-order valence-corrected chi connectivity index (χ2v) is 3.95. The molecular formula is C12H18ClNO3. The Morgan fingerprint density at radius 2 is 2.24 bits per heavy atom. The first-order valence-corrected chi connectivity index (χ1v) is 5.88. The molecule has 5 heteroatoms. The number of hydrogen-bond donors (Lipinski definition) is 2. The molecule has 0 saturated heterocycles. The van der Waals surface area contributed by atoms with Crippen molar-refractivity contribution in [3.63, 3.8) is 0 Å². The summed E-state index contributed by atoms with van der Waals surface area (Å²) in [6.07, 6.45) is -0.558. The van der Waals surface area contributed by atoms with E-state index >= 15 is 0 Å². The third kappa shape index (κ3) is 4.81. The molecule has 0 aromatic heterocycles. The third-order valence-electron chi connectivity index (χ3n) is 2.22. The molecule has 17 heavy (non-hydrogen) atoms. The van der Waals surface area contributed by atoms with Crippen molar-refractivity contribution in [1.82, 2.24) is 0 Å². The summed E-state index contributed by atoms with van der Waals surface area (Å²) in [4.78, 5) is 0. The Balaban J connectivity index is 2.50. The van der Waals surface area contributed by atoms with Crippen LogP contribution in [0.25, 0.3) is 0 Å². The number of hydrogen-bond acceptors (Lipinski definition) is 4. The molecule has 1 rings (SSSR count). The van der Waals surface area contributed by atoms with E-state index in [0.29, 0.717) is 24.8 Å². The molecule has 0 saturated carbocycles. The molecule has 0 spiro atoms. The SMILES string of the molecule is CCOCC(O)CNc1cc(OC)ccc1Cl. The predicted molar refractivity (Wildman–Crippen MR) is 69.0 cm³/mol. The quantitative estimate of drug-likeness (QED) is 0.788. The van der Waals surface area contributed by atoms with Crippen LogP contribution in [0.5, 0.6) is 5.75 Å². The summed E-state index contributed by atoms with van der Waals surface area (Å²) in [5, 5.41) is 13.2. The standard InChI is InChI=1S/C12H18ClNO3/c1-3-17-8-9(15)7-14-12-6-10(16-2)4-5-11(12)13/h4-6,9,14-15H,3,7-8H2,1-2H3. The smallest absolute Gasteiger partial charge is 0.121 e. The van der Waals surface area contributed by atoms with E-state index in [4.69, 9.17) is 21.1 Å². The maximum absolute atomic E-state index is 9.60. The van der Waals surface area contributed by atoms with Gasteiger partial charge < -0.3 is 19.9 Å². The molecule has 0 aliphatic heterocycles. The summed E-state index contributed by atoms with van der Waals surface area (Å²) in [7, 11) is 1.59. The van der Waals surface area contributed by atoms with Gasteiger partial charge in [-0.3, -0.25) is 0 Å². The molecule has 4 nitrogen and oxygen atoms in total. The van der Waals surface area contributed by atoms with Crippen LogP contribution in [0.15, 0.2) is 18.2 Å². The van der Waals surface area contributed by atoms with Gasteiger partial charge in [-0.2, -0.15) is 0 Å². The van der Waals surface area contributed by atoms with Gasteiger partial charge in [0.15, 0.2) is 0 Å². The predicted octanol–water partition coefficient (Wildman–Crippen LogP) is 2.16. The van der Waals surface area contributed by atoms with E-state index in [2.05, 4.69) is 5.32 Å². The van der Waals surface area contributed by atoms with Crippen LogP contribution in [0.1, 0.15) is 6.92 Å². The van der Waals surface area contributed by atoms with Crippen molar-refractivity contribution in [2.75, 3.05) is 32.2 Å². The topological polar surface area (TPSA) is 50.7 Å². The Morgan fingerprint density at radius 3 is 2.88 bits per heavy atom. The molecule has 0 amide bonds. The van der Waals surface area contributed by atoms with Crippen molar-refractivity contribution in [3.05, 3.63) is 23.2 Å². The Labute approximate surface area is 106 Å². The van der Waals surface area contributed by atoms with Crippen molar-refractivity contribution in [1.29, 1.82) is 0 Å². The Hall–Kier alpha value is -0.970. The molecule has 0 heterocycles. The van der Waals surface area contributed by atoms with Crippen molar-refractivity contribution in [3.8, 4) is 5.75 Å². The fraction of sp³-hybridized carbons (Fsp3) is 0.500. The maximum Gasteiger partial charge on any atom is 0.121 e. The summed E-state index contributed by atoms with van der Waals surface area (Å²) >= 11 is 6.01. The number of aliphatic hydroxyl groups is 1. The van der Waals surface area contributed by atoms with Gasteiger partial charge in [-0.25, -0.2) is 0 Å². The first-order valence-electron chi connectivity index (χ1n) is 5.50. The third-order valence-corrected chi connectivity index (χ3v) is 2.55. The Kier molecular flexibility index (Phi) is 6.11. The first-order chi connectivity index (χ1) is 8.17. The largest absolute Gasteiger partial charge is 0.497 e. The lowest BCUT2D eigenvalue weighted by molar-refractivity contribution is 0.0496. The molecule has 0 radical (unpaired) electrons. The van der Waals surface area contributed by atoms with Gasteiger partial charge in [0.05, 0.1) is 30.5 Å². The van der Waals surface area contributed by atoms with E-state index < -0.39 is 6.10 Å². The molecule has 1 unspecified atom stereocenters. The summed E-state index contributed by atoms with van der Waals surface area (Å²) in [6, 6.07) is 5.32. The second-order valence-electron chi connectivity index (χ2n) is 3.54. The Bertz CT molecular complexity index is 347. The number of nitrogens with one attached hydrogen (secondary N) is 1. The average Bonchev–Trinajstić information content (AvgIpc) is 2.35. The van der Waals surface area contributed by atoms with Gasteiger partial charge in [0.25, 0.3) is 0 Å². The van der Waals surface area contributed by atoms with Crippen molar-refractivity contribution in [2.24, 2.45) is 0 Å². The van der Waals surface area contributed by atoms with Gasteiger partial charge in [-0.15, -0.1) is 0 Å². The fourth-order valence-electron chi connectivity index (χ4n) is 1.31. The molecule has 0 bridgehead atoms. The van der Waals surface area contributed by atoms with Crippen molar-refractivity contribution in [2.45, 2.75) is 13.0 Å². The number of benzene rings is 1. The minimum atomic E-state index is -0.558. The highest BCUT2D eigenvalue weighted by Crippen LogP contribution is 2.26. The highest BCUT2D eigenvalue weighted by atomic mass is 35.5. The number of ether oxygens (including phenoxy) is 2. The highest BCUT2D eigenvalue weighted by Gasteiger charge is 2.06. The molecule has 2 N–H and O–H groups in total. The highest BCUT2D eigenvalue weighted by molar-refractivity contribution is 6.33. The van der Waals surface area contributed by atoms with Crippen LogP contribution in [0.3, 0.4) is 0 Å². The Morgan fingerprint density at radius 1 is 1.47 bits per heavy atom. The van der Waals surface area contributed by atoms with Crippen LogP contribution in [0.4, 0.5) is 5.69 Å². The second kappa shape index (κ2) is 7.37. The van der Waals surface area contributed by atoms with Crippen LogP contribution in [0.2, 0.25) is 5.02 Å². The van der Waals surface area contributed by atoms with E-state index in [9.17, 15) is 5.11 Å². The van der Waals surface area contributed by atoms with Gasteiger partial charge in [-0.1, -0.05) is 11.6 Å². The van der Waals surface area contributed by atoms with E-state index in [1.54, 1.807) is 25.3 Å². The number of halogens is 1. The number of aliphatic hydroxyl groups excluding tert-OH is 1. The maximum atomic E-state index is 9.60. The van der Waals surface area contributed by atoms with E-state index in [0.717, 1.165) is 11.4 Å². The van der Waals surface area contributed by atoms with Crippen LogP contribution in [0, 0.1) is 0 Å². The lowest BCUT2D eigenvalue weighted by Gasteiger charge is -2.14. The molecule has 0 fully saturated rings. The van der Waals surface area contributed by atoms with Gasteiger partial charge in [0.1, 0.15) is 5.75 Å². The lowest BCUT2D eigenvalue weighted by Crippen LogP contribution is -2.24. The first kappa shape index (κ1) is 14.1. The number of rotatable bonds is 7. The normalized spacial score (nSPS) is 12.2. The van der Waals surface area contributed by atoms with Crippen molar-refractivity contribution < 1.29 is 14.6 Å². The molecule has 96 valence electrons. The molecule has 0 aliphatic rings. The van der Waals surface area contributed by atoms with Crippen LogP contribution >= 0.6 is 11.6 Å². The molecular weight excluding hydrogens is 242 g/mol. The zero-order chi connectivity index (χ0) is 12.7. The van der Waals surface area contributed by atoms with Crippen LogP contribution in [-0.4, -0.2) is 38.1 Å². The molecule has 1 aromatic carbocycles. The van der Waals surface area contributed by atoms with Gasteiger partial charge in [0, 0.05) is 19.2 Å². The monoisotopic (exact) mass is 259 g/mol. The minimum absolute atomic E-state index is 0.311. The van der Waals surface area contributed by atoms with Crippen molar-refractivity contribution >= 4 is 17.3 Å². The van der Waals surface area contributed by atoms with E-state index in [1.165, 1.54) is 0 Å².